The van der Waals surface area contributed by atoms with Crippen LogP contribution in [0.25, 0.3) is 0 Å². The first-order valence-corrected chi connectivity index (χ1v) is 13.7. The third kappa shape index (κ3) is 3.28. The Morgan fingerprint density at radius 2 is 1.88 bits per heavy atom. The van der Waals surface area contributed by atoms with Crippen molar-refractivity contribution in [3.63, 3.8) is 0 Å². The van der Waals surface area contributed by atoms with E-state index < -0.39 is 8.32 Å². The van der Waals surface area contributed by atoms with Crippen LogP contribution in [0, 0.1) is 11.3 Å². The van der Waals surface area contributed by atoms with Crippen molar-refractivity contribution in [1.82, 2.24) is 0 Å². The summed E-state index contributed by atoms with van der Waals surface area (Å²) in [4.78, 5) is 13.2. The fourth-order valence-corrected chi connectivity index (χ4v) is 6.30. The van der Waals surface area contributed by atoms with E-state index in [9.17, 15) is 4.79 Å². The average molecular weight is 373 g/mol. The summed E-state index contributed by atoms with van der Waals surface area (Å²) in [5, 5.41) is 0. The molecule has 2 aliphatic rings. The zero-order chi connectivity index (χ0) is 19.3. The van der Waals surface area contributed by atoms with Crippen LogP contribution >= 0.6 is 0 Å². The number of hydrogen-bond donors (Lipinski definition) is 0. The molecule has 2 aliphatic carbocycles. The van der Waals surface area contributed by atoms with Gasteiger partial charge in [-0.15, -0.1) is 0 Å². The molecule has 0 spiro atoms. The first-order chi connectivity index (χ1) is 12.0. The van der Waals surface area contributed by atoms with Crippen LogP contribution < -0.4 is 0 Å². The lowest BCUT2D eigenvalue weighted by atomic mass is 9.50. The predicted molar refractivity (Wildman–Crippen MR) is 111 cm³/mol. The van der Waals surface area contributed by atoms with Crippen molar-refractivity contribution in [3.05, 3.63) is 34.9 Å². The number of fused-ring (bicyclic) bond motifs is 3. The molecule has 3 atom stereocenters. The predicted octanol–water partition coefficient (Wildman–Crippen LogP) is 6.20. The monoisotopic (exact) mass is 372 g/mol. The lowest BCUT2D eigenvalue weighted by molar-refractivity contribution is -0.155. The SMILES string of the molecule is CC(C)c1ccc2c(c1)CCC1C(C)(C(=O)O[Si](C)(C)C)CCCC21C. The smallest absolute Gasteiger partial charge is 0.298 e. The van der Waals surface area contributed by atoms with Crippen LogP contribution in [0.3, 0.4) is 0 Å². The lowest BCUT2D eigenvalue weighted by Gasteiger charge is -2.54. The van der Waals surface area contributed by atoms with E-state index in [1.807, 2.05) is 0 Å². The molecule has 3 rings (SSSR count). The average Bonchev–Trinajstić information content (AvgIpc) is 2.52. The van der Waals surface area contributed by atoms with Gasteiger partial charge >= 0.3 is 0 Å². The molecule has 0 radical (unpaired) electrons. The Bertz CT molecular complexity index is 703. The molecule has 144 valence electrons. The molecule has 1 saturated carbocycles. The van der Waals surface area contributed by atoms with Gasteiger partial charge in [0, 0.05) is 0 Å². The van der Waals surface area contributed by atoms with Crippen LogP contribution in [0.1, 0.15) is 76.0 Å². The summed E-state index contributed by atoms with van der Waals surface area (Å²) < 4.78 is 6.01. The highest BCUT2D eigenvalue weighted by atomic mass is 28.4. The molecule has 0 N–H and O–H groups in total. The first-order valence-electron chi connectivity index (χ1n) is 10.3. The van der Waals surface area contributed by atoms with Crippen molar-refractivity contribution in [2.24, 2.45) is 11.3 Å². The topological polar surface area (TPSA) is 26.3 Å². The van der Waals surface area contributed by atoms with Gasteiger partial charge in [0.1, 0.15) is 0 Å². The van der Waals surface area contributed by atoms with Crippen LogP contribution in [-0.4, -0.2) is 14.3 Å². The third-order valence-corrected chi connectivity index (χ3v) is 7.71. The maximum Gasteiger partial charge on any atom is 0.298 e. The summed E-state index contributed by atoms with van der Waals surface area (Å²) in [7, 11) is -1.87. The second-order valence-corrected chi connectivity index (χ2v) is 14.8. The van der Waals surface area contributed by atoms with Gasteiger partial charge in [-0.05, 0) is 86.2 Å². The van der Waals surface area contributed by atoms with Crippen molar-refractivity contribution < 1.29 is 9.22 Å². The van der Waals surface area contributed by atoms with Gasteiger partial charge in [0.15, 0.2) is 0 Å². The Balaban J connectivity index is 1.99. The fourth-order valence-electron chi connectivity index (χ4n) is 5.51. The van der Waals surface area contributed by atoms with E-state index in [0.717, 1.165) is 25.7 Å². The van der Waals surface area contributed by atoms with Crippen molar-refractivity contribution in [2.45, 2.75) is 90.8 Å². The van der Waals surface area contributed by atoms with Gasteiger partial charge in [-0.1, -0.05) is 45.4 Å². The van der Waals surface area contributed by atoms with Crippen molar-refractivity contribution in [2.75, 3.05) is 0 Å². The summed E-state index contributed by atoms with van der Waals surface area (Å²) in [5.74, 6) is 1.01. The number of benzene rings is 1. The number of aryl methyl sites for hydroxylation is 1. The van der Waals surface area contributed by atoms with Crippen molar-refractivity contribution in [3.8, 4) is 0 Å². The molecule has 0 bridgehead atoms. The quantitative estimate of drug-likeness (QED) is 0.591. The van der Waals surface area contributed by atoms with Crippen LogP contribution in [-0.2, 0) is 21.1 Å². The minimum atomic E-state index is -1.87. The van der Waals surface area contributed by atoms with Gasteiger partial charge in [-0.25, -0.2) is 0 Å². The number of carbonyl (C=O) groups excluding carboxylic acids is 1. The largest absolute Gasteiger partial charge is 0.519 e. The van der Waals surface area contributed by atoms with E-state index in [1.165, 1.54) is 23.1 Å². The molecule has 0 aliphatic heterocycles. The summed E-state index contributed by atoms with van der Waals surface area (Å²) in [6, 6.07) is 7.10. The van der Waals surface area contributed by atoms with Gasteiger partial charge in [0.05, 0.1) is 5.41 Å². The second-order valence-electron chi connectivity index (χ2n) is 10.4. The van der Waals surface area contributed by atoms with E-state index in [0.29, 0.717) is 11.8 Å². The van der Waals surface area contributed by atoms with Gasteiger partial charge < -0.3 is 4.43 Å². The Morgan fingerprint density at radius 3 is 2.50 bits per heavy atom. The number of rotatable bonds is 3. The normalized spacial score (nSPS) is 31.3. The van der Waals surface area contributed by atoms with Crippen molar-refractivity contribution in [1.29, 1.82) is 0 Å². The van der Waals surface area contributed by atoms with Gasteiger partial charge in [-0.2, -0.15) is 0 Å². The van der Waals surface area contributed by atoms with Gasteiger partial charge in [0.25, 0.3) is 5.97 Å². The summed E-state index contributed by atoms with van der Waals surface area (Å²) in [6.07, 6.45) is 5.45. The molecule has 2 nitrogen and oxygen atoms in total. The van der Waals surface area contributed by atoms with Crippen LogP contribution in [0.4, 0.5) is 0 Å². The molecule has 0 amide bonds. The molecular formula is C23H36O2Si. The minimum absolute atomic E-state index is 0.0647. The zero-order valence-corrected chi connectivity index (χ0v) is 18.7. The Morgan fingerprint density at radius 1 is 1.19 bits per heavy atom. The van der Waals surface area contributed by atoms with Gasteiger partial charge in [-0.3, -0.25) is 4.79 Å². The van der Waals surface area contributed by atoms with E-state index in [-0.39, 0.29) is 16.8 Å². The van der Waals surface area contributed by atoms with E-state index >= 15 is 0 Å². The Labute approximate surface area is 160 Å². The summed E-state index contributed by atoms with van der Waals surface area (Å²) in [6.45, 7) is 15.5. The highest BCUT2D eigenvalue weighted by Gasteiger charge is 2.56. The van der Waals surface area contributed by atoms with Crippen LogP contribution in [0.5, 0.6) is 0 Å². The van der Waals surface area contributed by atoms with Crippen LogP contribution in [0.15, 0.2) is 18.2 Å². The molecule has 1 aromatic carbocycles. The molecular weight excluding hydrogens is 336 g/mol. The molecule has 3 heteroatoms. The summed E-state index contributed by atoms with van der Waals surface area (Å²) >= 11 is 0. The third-order valence-electron chi connectivity index (χ3n) is 6.91. The number of hydrogen-bond acceptors (Lipinski definition) is 2. The minimum Gasteiger partial charge on any atom is -0.519 e. The molecule has 1 fully saturated rings. The molecule has 0 saturated heterocycles. The molecule has 0 heterocycles. The number of carbonyl (C=O) groups is 1. The van der Waals surface area contributed by atoms with Crippen molar-refractivity contribution >= 4 is 14.3 Å². The lowest BCUT2D eigenvalue weighted by Crippen LogP contribution is -2.54. The van der Waals surface area contributed by atoms with Crippen LogP contribution in [0.2, 0.25) is 19.6 Å². The van der Waals surface area contributed by atoms with E-state index in [4.69, 9.17) is 4.43 Å². The van der Waals surface area contributed by atoms with Gasteiger partial charge in [0.2, 0.25) is 8.32 Å². The van der Waals surface area contributed by atoms with E-state index in [1.54, 1.807) is 0 Å². The zero-order valence-electron chi connectivity index (χ0n) is 17.7. The maximum absolute atomic E-state index is 13.2. The summed E-state index contributed by atoms with van der Waals surface area (Å²) in [5.41, 5.74) is 4.18. The van der Waals surface area contributed by atoms with E-state index in [2.05, 4.69) is 65.5 Å². The first kappa shape index (κ1) is 19.7. The Hall–Kier alpha value is -1.09. The standard InChI is InChI=1S/C23H36O2Si/c1-16(2)17-9-11-19-18(15-17)10-12-20-22(19,3)13-8-14-23(20,4)21(24)25-26(5,6)7/h9,11,15-16,20H,8,10,12-14H2,1-7H3. The highest BCUT2D eigenvalue weighted by molar-refractivity contribution is 6.71. The second kappa shape index (κ2) is 6.51. The molecule has 0 aromatic heterocycles. The molecule has 3 unspecified atom stereocenters. The maximum atomic E-state index is 13.2. The highest BCUT2D eigenvalue weighted by Crippen LogP contribution is 2.57. The fraction of sp³-hybridized carbons (Fsp3) is 0.696. The Kier molecular flexibility index (Phi) is 4.92. The molecule has 1 aromatic rings. The molecule has 26 heavy (non-hydrogen) atoms.